The Bertz CT molecular complexity index is 234. The van der Waals surface area contributed by atoms with Gasteiger partial charge in [0.25, 0.3) is 0 Å². The zero-order valence-corrected chi connectivity index (χ0v) is 10.9. The molecule has 3 fully saturated rings. The molecule has 3 heteroatoms. The topological polar surface area (TPSA) is 29.1 Å². The molecular weight excluding hydrogens is 254 g/mol. The normalized spacial score (nSPS) is 36.3. The van der Waals surface area contributed by atoms with Gasteiger partial charge in [-0.05, 0) is 31.1 Å². The lowest BCUT2D eigenvalue weighted by Gasteiger charge is -2.41. The Morgan fingerprint density at radius 3 is 2.53 bits per heavy atom. The average molecular weight is 274 g/mol. The van der Waals surface area contributed by atoms with Gasteiger partial charge in [0.05, 0.1) is 0 Å². The second kappa shape index (κ2) is 4.86. The minimum Gasteiger partial charge on any atom is -0.355 e. The summed E-state index contributed by atoms with van der Waals surface area (Å²) in [6, 6.07) is 0. The maximum atomic E-state index is 12.0. The average Bonchev–Trinajstić information content (AvgIpc) is 2.27. The Morgan fingerprint density at radius 1 is 1.40 bits per heavy atom. The Labute approximate surface area is 100 Å². The lowest BCUT2D eigenvalue weighted by atomic mass is 9.64. The number of carbonyl (C=O) groups is 1. The number of hydrogen-bond donors (Lipinski definition) is 1. The predicted molar refractivity (Wildman–Crippen MR) is 65.0 cm³/mol. The standard InChI is InChI=1S/C12H20BrNO/c1-8(13)7-14-12(15)11-6-9-2-4-10(11)5-3-9/h8-11H,2-7H2,1H3,(H,14,15). The quantitative estimate of drug-likeness (QED) is 0.788. The van der Waals surface area contributed by atoms with Crippen LogP contribution in [0.3, 0.4) is 0 Å². The fraction of sp³-hybridized carbons (Fsp3) is 0.917. The number of fused-ring (bicyclic) bond motifs is 3. The molecule has 0 aromatic rings. The van der Waals surface area contributed by atoms with Gasteiger partial charge < -0.3 is 5.32 Å². The van der Waals surface area contributed by atoms with Crippen molar-refractivity contribution in [2.75, 3.05) is 6.54 Å². The van der Waals surface area contributed by atoms with Gasteiger partial charge in [-0.2, -0.15) is 0 Å². The second-order valence-electron chi connectivity index (χ2n) is 5.15. The van der Waals surface area contributed by atoms with Crippen molar-refractivity contribution in [1.29, 1.82) is 0 Å². The predicted octanol–water partition coefficient (Wildman–Crippen LogP) is 2.71. The molecule has 0 spiro atoms. The van der Waals surface area contributed by atoms with Gasteiger partial charge >= 0.3 is 0 Å². The van der Waals surface area contributed by atoms with Crippen LogP contribution in [-0.2, 0) is 4.79 Å². The van der Waals surface area contributed by atoms with Crippen LogP contribution in [0.15, 0.2) is 0 Å². The van der Waals surface area contributed by atoms with Crippen LogP contribution in [0.2, 0.25) is 0 Å². The minimum atomic E-state index is 0.302. The Balaban J connectivity index is 1.85. The zero-order chi connectivity index (χ0) is 10.8. The molecule has 1 amide bonds. The summed E-state index contributed by atoms with van der Waals surface area (Å²) in [6.07, 6.45) is 6.44. The number of nitrogens with one attached hydrogen (secondary N) is 1. The third-order valence-corrected chi connectivity index (χ3v) is 4.27. The van der Waals surface area contributed by atoms with Crippen LogP contribution >= 0.6 is 15.9 Å². The van der Waals surface area contributed by atoms with E-state index in [0.29, 0.717) is 22.6 Å². The molecule has 0 aromatic heterocycles. The number of hydrogen-bond acceptors (Lipinski definition) is 1. The van der Waals surface area contributed by atoms with Crippen molar-refractivity contribution < 1.29 is 4.79 Å². The number of halogens is 1. The highest BCUT2D eigenvalue weighted by atomic mass is 79.9. The van der Waals surface area contributed by atoms with Crippen LogP contribution < -0.4 is 5.32 Å². The summed E-state index contributed by atoms with van der Waals surface area (Å²) >= 11 is 3.45. The van der Waals surface area contributed by atoms with Crippen molar-refractivity contribution >= 4 is 21.8 Å². The van der Waals surface area contributed by atoms with Gasteiger partial charge in [0.2, 0.25) is 5.91 Å². The van der Waals surface area contributed by atoms with Crippen molar-refractivity contribution in [2.24, 2.45) is 17.8 Å². The van der Waals surface area contributed by atoms with Crippen molar-refractivity contribution in [3.05, 3.63) is 0 Å². The van der Waals surface area contributed by atoms with Crippen LogP contribution in [0, 0.1) is 17.8 Å². The van der Waals surface area contributed by atoms with Gasteiger partial charge in [-0.25, -0.2) is 0 Å². The van der Waals surface area contributed by atoms with Gasteiger partial charge in [0, 0.05) is 17.3 Å². The fourth-order valence-corrected chi connectivity index (χ4v) is 3.23. The van der Waals surface area contributed by atoms with E-state index in [9.17, 15) is 4.79 Å². The molecule has 2 unspecified atom stereocenters. The molecule has 15 heavy (non-hydrogen) atoms. The summed E-state index contributed by atoms with van der Waals surface area (Å²) in [5.41, 5.74) is 0. The first-order chi connectivity index (χ1) is 7.16. The monoisotopic (exact) mass is 273 g/mol. The van der Waals surface area contributed by atoms with Gasteiger partial charge in [-0.15, -0.1) is 0 Å². The molecule has 1 N–H and O–H groups in total. The molecular formula is C12H20BrNO. The minimum absolute atomic E-state index is 0.302. The number of alkyl halides is 1. The van der Waals surface area contributed by atoms with Gasteiger partial charge in [-0.1, -0.05) is 35.7 Å². The summed E-state index contributed by atoms with van der Waals surface area (Å²) in [6.45, 7) is 2.82. The Hall–Kier alpha value is -0.0500. The maximum Gasteiger partial charge on any atom is 0.223 e. The van der Waals surface area contributed by atoms with E-state index in [0.717, 1.165) is 18.9 Å². The highest BCUT2D eigenvalue weighted by molar-refractivity contribution is 9.09. The van der Waals surface area contributed by atoms with E-state index in [2.05, 4.69) is 28.2 Å². The molecule has 3 rings (SSSR count). The maximum absolute atomic E-state index is 12.0. The second-order valence-corrected chi connectivity index (χ2v) is 6.71. The van der Waals surface area contributed by atoms with Crippen molar-refractivity contribution in [3.63, 3.8) is 0 Å². The molecule has 2 atom stereocenters. The van der Waals surface area contributed by atoms with Gasteiger partial charge in [0.1, 0.15) is 0 Å². The van der Waals surface area contributed by atoms with Crippen LogP contribution in [-0.4, -0.2) is 17.3 Å². The first kappa shape index (κ1) is 11.4. The molecule has 3 saturated carbocycles. The van der Waals surface area contributed by atoms with Crippen LogP contribution in [0.5, 0.6) is 0 Å². The first-order valence-corrected chi connectivity index (χ1v) is 7.00. The molecule has 0 radical (unpaired) electrons. The Morgan fingerprint density at radius 2 is 2.07 bits per heavy atom. The van der Waals surface area contributed by atoms with Crippen molar-refractivity contribution in [1.82, 2.24) is 5.32 Å². The molecule has 0 aromatic carbocycles. The van der Waals surface area contributed by atoms with E-state index in [1.807, 2.05) is 0 Å². The highest BCUT2D eigenvalue weighted by Crippen LogP contribution is 2.44. The zero-order valence-electron chi connectivity index (χ0n) is 9.34. The van der Waals surface area contributed by atoms with Gasteiger partial charge in [0.15, 0.2) is 0 Å². The molecule has 0 heterocycles. The van der Waals surface area contributed by atoms with Crippen LogP contribution in [0.25, 0.3) is 0 Å². The van der Waals surface area contributed by atoms with Crippen LogP contribution in [0.1, 0.15) is 39.0 Å². The third kappa shape index (κ3) is 2.74. The molecule has 2 nitrogen and oxygen atoms in total. The molecule has 0 aliphatic heterocycles. The van der Waals surface area contributed by atoms with E-state index in [-0.39, 0.29) is 0 Å². The van der Waals surface area contributed by atoms with E-state index in [1.54, 1.807) is 0 Å². The molecule has 3 aliphatic carbocycles. The lowest BCUT2D eigenvalue weighted by Crippen LogP contribution is -2.43. The number of amides is 1. The Kier molecular flexibility index (Phi) is 3.70. The summed E-state index contributed by atoms with van der Waals surface area (Å²) in [5.74, 6) is 2.15. The summed E-state index contributed by atoms with van der Waals surface area (Å²) in [5, 5.41) is 3.05. The lowest BCUT2D eigenvalue weighted by molar-refractivity contribution is -0.130. The first-order valence-electron chi connectivity index (χ1n) is 6.08. The summed E-state index contributed by atoms with van der Waals surface area (Å²) in [7, 11) is 0. The molecule has 86 valence electrons. The molecule has 2 bridgehead atoms. The summed E-state index contributed by atoms with van der Waals surface area (Å²) < 4.78 is 0. The molecule has 0 saturated heterocycles. The SMILES string of the molecule is CC(Br)CNC(=O)C1CC2CCC1CC2. The van der Waals surface area contributed by atoms with Gasteiger partial charge in [-0.3, -0.25) is 4.79 Å². The smallest absolute Gasteiger partial charge is 0.223 e. The van der Waals surface area contributed by atoms with Crippen molar-refractivity contribution in [2.45, 2.75) is 43.9 Å². The highest BCUT2D eigenvalue weighted by Gasteiger charge is 2.39. The molecule has 3 aliphatic rings. The van der Waals surface area contributed by atoms with E-state index >= 15 is 0 Å². The number of rotatable bonds is 3. The van der Waals surface area contributed by atoms with Crippen molar-refractivity contribution in [3.8, 4) is 0 Å². The van der Waals surface area contributed by atoms with E-state index in [1.165, 1.54) is 25.7 Å². The van der Waals surface area contributed by atoms with E-state index in [4.69, 9.17) is 0 Å². The summed E-state index contributed by atoms with van der Waals surface area (Å²) in [4.78, 5) is 12.3. The third-order valence-electron chi connectivity index (χ3n) is 3.94. The van der Waals surface area contributed by atoms with Crippen LogP contribution in [0.4, 0.5) is 0 Å². The largest absolute Gasteiger partial charge is 0.355 e. The fourth-order valence-electron chi connectivity index (χ4n) is 3.07. The number of carbonyl (C=O) groups excluding carboxylic acids is 1. The van der Waals surface area contributed by atoms with E-state index < -0.39 is 0 Å².